The monoisotopic (exact) mass is 232 g/mol. The molecule has 4 nitrogen and oxygen atoms in total. The van der Waals surface area contributed by atoms with Crippen LogP contribution < -0.4 is 0 Å². The van der Waals surface area contributed by atoms with Crippen molar-refractivity contribution in [2.45, 2.75) is 12.8 Å². The highest BCUT2D eigenvalue weighted by molar-refractivity contribution is 6.64. The highest BCUT2D eigenvalue weighted by Gasteiger charge is 2.32. The fourth-order valence-electron chi connectivity index (χ4n) is 1.72. The summed E-state index contributed by atoms with van der Waals surface area (Å²) in [5.41, 5.74) is 0. The molecular weight excluding hydrogens is 216 g/mol. The molecule has 86 valence electrons. The van der Waals surface area contributed by atoms with Gasteiger partial charge in [-0.05, 0) is 38.7 Å². The molecule has 0 aromatic rings. The number of halogens is 1. The number of hydrogen-bond donors (Lipinski definition) is 0. The Kier molecular flexibility index (Phi) is 4.54. The van der Waals surface area contributed by atoms with Gasteiger partial charge in [0, 0.05) is 19.5 Å². The third kappa shape index (κ3) is 3.80. The van der Waals surface area contributed by atoms with E-state index in [0.717, 1.165) is 19.5 Å². The molecular formula is C10H17ClN2O2. The second-order valence-electron chi connectivity index (χ2n) is 4.20. The molecule has 1 unspecified atom stereocenters. The lowest BCUT2D eigenvalue weighted by atomic mass is 10.1. The minimum atomic E-state index is -0.390. The Balaban J connectivity index is 2.31. The highest BCUT2D eigenvalue weighted by atomic mass is 35.5. The van der Waals surface area contributed by atoms with Crippen molar-refractivity contribution in [1.29, 1.82) is 0 Å². The molecule has 1 aliphatic heterocycles. The number of hydrogen-bond acceptors (Lipinski definition) is 3. The fourth-order valence-corrected chi connectivity index (χ4v) is 1.86. The molecule has 1 fully saturated rings. The first kappa shape index (κ1) is 12.5. The van der Waals surface area contributed by atoms with Gasteiger partial charge in [0.1, 0.15) is 0 Å². The van der Waals surface area contributed by atoms with E-state index in [-0.39, 0.29) is 18.2 Å². The summed E-state index contributed by atoms with van der Waals surface area (Å²) in [6.07, 6.45) is 1.21. The van der Waals surface area contributed by atoms with E-state index in [1.54, 1.807) is 4.90 Å². The summed E-state index contributed by atoms with van der Waals surface area (Å²) in [7, 11) is 3.99. The van der Waals surface area contributed by atoms with Crippen LogP contribution in [0.15, 0.2) is 0 Å². The largest absolute Gasteiger partial charge is 0.342 e. The van der Waals surface area contributed by atoms with E-state index < -0.39 is 5.24 Å². The van der Waals surface area contributed by atoms with Crippen molar-refractivity contribution in [3.05, 3.63) is 0 Å². The summed E-state index contributed by atoms with van der Waals surface area (Å²) >= 11 is 5.37. The van der Waals surface area contributed by atoms with Crippen molar-refractivity contribution in [2.24, 2.45) is 5.92 Å². The molecule has 0 bridgehead atoms. The lowest BCUT2D eigenvalue weighted by Gasteiger charge is -2.17. The summed E-state index contributed by atoms with van der Waals surface area (Å²) in [6, 6.07) is 0. The number of likely N-dealkylation sites (tertiary alicyclic amines) is 1. The summed E-state index contributed by atoms with van der Waals surface area (Å²) in [5, 5.41) is -0.390. The molecule has 1 rings (SSSR count). The molecule has 0 N–H and O–H groups in total. The van der Waals surface area contributed by atoms with Gasteiger partial charge < -0.3 is 9.80 Å². The first-order chi connectivity index (χ1) is 7.00. The molecule has 1 amide bonds. The zero-order valence-electron chi connectivity index (χ0n) is 9.20. The number of amides is 1. The van der Waals surface area contributed by atoms with Crippen LogP contribution in [0.2, 0.25) is 0 Å². The fraction of sp³-hybridized carbons (Fsp3) is 0.800. The summed E-state index contributed by atoms with van der Waals surface area (Å²) in [4.78, 5) is 26.2. The first-order valence-corrected chi connectivity index (χ1v) is 5.50. The van der Waals surface area contributed by atoms with Gasteiger partial charge in [0.15, 0.2) is 0 Å². The van der Waals surface area contributed by atoms with Crippen molar-refractivity contribution in [3.8, 4) is 0 Å². The number of rotatable bonds is 5. The summed E-state index contributed by atoms with van der Waals surface area (Å²) in [6.45, 7) is 2.16. The second-order valence-corrected chi connectivity index (χ2v) is 4.57. The van der Waals surface area contributed by atoms with Crippen LogP contribution in [0.3, 0.4) is 0 Å². The minimum absolute atomic E-state index is 0.0488. The van der Waals surface area contributed by atoms with E-state index >= 15 is 0 Å². The summed E-state index contributed by atoms with van der Waals surface area (Å²) in [5.74, 6) is -0.244. The van der Waals surface area contributed by atoms with E-state index in [1.165, 1.54) is 0 Å². The molecule has 1 atom stereocenters. The number of carbonyl (C=O) groups excluding carboxylic acids is 2. The van der Waals surface area contributed by atoms with E-state index in [2.05, 4.69) is 4.90 Å². The Morgan fingerprint density at radius 3 is 2.73 bits per heavy atom. The van der Waals surface area contributed by atoms with Crippen molar-refractivity contribution in [2.75, 3.05) is 33.7 Å². The maximum atomic E-state index is 11.5. The lowest BCUT2D eigenvalue weighted by molar-refractivity contribution is -0.128. The zero-order chi connectivity index (χ0) is 11.4. The van der Waals surface area contributed by atoms with Crippen LogP contribution in [0.25, 0.3) is 0 Å². The summed E-state index contributed by atoms with van der Waals surface area (Å²) < 4.78 is 0. The average molecular weight is 233 g/mol. The molecule has 0 spiro atoms. The van der Waals surface area contributed by atoms with Crippen molar-refractivity contribution >= 4 is 22.8 Å². The molecule has 0 aromatic heterocycles. The molecule has 0 aliphatic carbocycles. The smallest absolute Gasteiger partial charge is 0.227 e. The van der Waals surface area contributed by atoms with Crippen LogP contribution in [-0.4, -0.2) is 54.7 Å². The Morgan fingerprint density at radius 1 is 1.60 bits per heavy atom. The normalized spacial score (nSPS) is 21.5. The van der Waals surface area contributed by atoms with Crippen LogP contribution in [0.5, 0.6) is 0 Å². The maximum Gasteiger partial charge on any atom is 0.227 e. The molecule has 15 heavy (non-hydrogen) atoms. The number of nitrogens with zero attached hydrogens (tertiary/aromatic N) is 2. The third-order valence-corrected chi connectivity index (χ3v) is 2.88. The lowest BCUT2D eigenvalue weighted by Crippen LogP contribution is -2.29. The predicted molar refractivity (Wildman–Crippen MR) is 58.7 cm³/mol. The molecule has 0 radical (unpaired) electrons. The SMILES string of the molecule is CN(C)CCCN1CC(C(=O)Cl)CC1=O. The van der Waals surface area contributed by atoms with Crippen LogP contribution in [0.1, 0.15) is 12.8 Å². The minimum Gasteiger partial charge on any atom is -0.342 e. The van der Waals surface area contributed by atoms with Gasteiger partial charge in [-0.3, -0.25) is 9.59 Å². The maximum absolute atomic E-state index is 11.5. The molecule has 1 saturated heterocycles. The third-order valence-electron chi connectivity index (χ3n) is 2.57. The van der Waals surface area contributed by atoms with E-state index in [9.17, 15) is 9.59 Å². The Hall–Kier alpha value is -0.610. The molecule has 0 saturated carbocycles. The van der Waals surface area contributed by atoms with Gasteiger partial charge in [-0.15, -0.1) is 0 Å². The van der Waals surface area contributed by atoms with Crippen molar-refractivity contribution < 1.29 is 9.59 Å². The van der Waals surface area contributed by atoms with Crippen LogP contribution in [-0.2, 0) is 9.59 Å². The van der Waals surface area contributed by atoms with E-state index in [1.807, 2.05) is 14.1 Å². The van der Waals surface area contributed by atoms with Gasteiger partial charge in [-0.2, -0.15) is 0 Å². The van der Waals surface area contributed by atoms with Gasteiger partial charge in [0.2, 0.25) is 11.1 Å². The molecule has 1 heterocycles. The topological polar surface area (TPSA) is 40.6 Å². The van der Waals surface area contributed by atoms with Crippen molar-refractivity contribution in [1.82, 2.24) is 9.80 Å². The molecule has 0 aromatic carbocycles. The first-order valence-electron chi connectivity index (χ1n) is 5.12. The van der Waals surface area contributed by atoms with Crippen molar-refractivity contribution in [3.63, 3.8) is 0 Å². The Morgan fingerprint density at radius 2 is 2.27 bits per heavy atom. The Bertz CT molecular complexity index is 256. The van der Waals surface area contributed by atoms with Gasteiger partial charge in [-0.25, -0.2) is 0 Å². The zero-order valence-corrected chi connectivity index (χ0v) is 9.96. The number of carbonyl (C=O) groups is 2. The van der Waals surface area contributed by atoms with Crippen LogP contribution >= 0.6 is 11.6 Å². The standard InChI is InChI=1S/C10H17ClN2O2/c1-12(2)4-3-5-13-7-8(10(11)15)6-9(13)14/h8H,3-7H2,1-2H3. The highest BCUT2D eigenvalue weighted by Crippen LogP contribution is 2.20. The Labute approximate surface area is 95.2 Å². The van der Waals surface area contributed by atoms with E-state index in [4.69, 9.17) is 11.6 Å². The van der Waals surface area contributed by atoms with Gasteiger partial charge >= 0.3 is 0 Å². The molecule has 1 aliphatic rings. The van der Waals surface area contributed by atoms with E-state index in [0.29, 0.717) is 6.54 Å². The van der Waals surface area contributed by atoms with Gasteiger partial charge in [-0.1, -0.05) is 0 Å². The predicted octanol–water partition coefficient (Wildman–Crippen LogP) is 0.552. The quantitative estimate of drug-likeness (QED) is 0.651. The van der Waals surface area contributed by atoms with Gasteiger partial charge in [0.05, 0.1) is 5.92 Å². The van der Waals surface area contributed by atoms with Gasteiger partial charge in [0.25, 0.3) is 0 Å². The average Bonchev–Trinajstić information content (AvgIpc) is 2.47. The molecule has 5 heteroatoms. The second kappa shape index (κ2) is 5.47. The van der Waals surface area contributed by atoms with Crippen LogP contribution in [0, 0.1) is 5.92 Å². The van der Waals surface area contributed by atoms with Crippen LogP contribution in [0.4, 0.5) is 0 Å².